The molecular formula is C8H10N2O3S. The summed E-state index contributed by atoms with van der Waals surface area (Å²) < 4.78 is 15.4. The fourth-order valence-corrected chi connectivity index (χ4v) is 1.82. The van der Waals surface area contributed by atoms with Crippen molar-refractivity contribution in [3.63, 3.8) is 0 Å². The molecule has 1 atom stereocenters. The summed E-state index contributed by atoms with van der Waals surface area (Å²) >= 11 is 0. The normalized spacial score (nSPS) is 14.4. The Morgan fingerprint density at radius 2 is 2.14 bits per heavy atom. The second-order valence-corrected chi connectivity index (χ2v) is 5.18. The molecule has 1 aromatic rings. The van der Waals surface area contributed by atoms with Gasteiger partial charge in [-0.3, -0.25) is 10.1 Å². The Balaban J connectivity index is 3.33. The molecule has 76 valence electrons. The van der Waals surface area contributed by atoms with E-state index in [4.69, 9.17) is 0 Å². The van der Waals surface area contributed by atoms with Crippen LogP contribution >= 0.6 is 0 Å². The van der Waals surface area contributed by atoms with Gasteiger partial charge in [0.2, 0.25) is 0 Å². The largest absolute Gasteiger partial charge is 0.270 e. The lowest BCUT2D eigenvalue weighted by molar-refractivity contribution is -0.385. The van der Waals surface area contributed by atoms with Crippen LogP contribution in [0.25, 0.3) is 0 Å². The maximum atomic E-state index is 11.7. The molecule has 14 heavy (non-hydrogen) atoms. The zero-order valence-electron chi connectivity index (χ0n) is 7.84. The summed E-state index contributed by atoms with van der Waals surface area (Å²) in [6.45, 7) is 0. The summed E-state index contributed by atoms with van der Waals surface area (Å²) in [6.07, 6.45) is 1.45. The first-order valence-corrected chi connectivity index (χ1v) is 5.74. The average Bonchev–Trinajstić information content (AvgIpc) is 2.18. The van der Waals surface area contributed by atoms with E-state index in [-0.39, 0.29) is 5.69 Å². The lowest BCUT2D eigenvalue weighted by Gasteiger charge is -2.01. The third kappa shape index (κ3) is 2.08. The molecular weight excluding hydrogens is 204 g/mol. The van der Waals surface area contributed by atoms with Crippen LogP contribution in [0.5, 0.6) is 0 Å². The molecule has 0 saturated carbocycles. The highest BCUT2D eigenvalue weighted by Gasteiger charge is 2.10. The Labute approximate surface area is 82.1 Å². The molecule has 0 aromatic heterocycles. The number of hydrogen-bond acceptors (Lipinski definition) is 4. The van der Waals surface area contributed by atoms with Crippen LogP contribution in [-0.4, -0.2) is 22.4 Å². The first-order chi connectivity index (χ1) is 6.47. The molecule has 5 nitrogen and oxygen atoms in total. The molecule has 1 aromatic carbocycles. The lowest BCUT2D eigenvalue weighted by Crippen LogP contribution is -1.98. The van der Waals surface area contributed by atoms with E-state index in [1.807, 2.05) is 0 Å². The van der Waals surface area contributed by atoms with E-state index >= 15 is 0 Å². The summed E-state index contributed by atoms with van der Waals surface area (Å²) in [5.74, 6) is 0. The van der Waals surface area contributed by atoms with Crippen molar-refractivity contribution in [3.8, 4) is 0 Å². The van der Waals surface area contributed by atoms with E-state index < -0.39 is 14.7 Å². The minimum atomic E-state index is -2.48. The number of non-ortho nitro benzene ring substituents is 1. The molecule has 6 heteroatoms. The Hall–Kier alpha value is -1.43. The van der Waals surface area contributed by atoms with Crippen molar-refractivity contribution in [3.05, 3.63) is 34.4 Å². The molecule has 0 aliphatic rings. The van der Waals surface area contributed by atoms with Crippen molar-refractivity contribution in [2.24, 2.45) is 4.36 Å². The van der Waals surface area contributed by atoms with E-state index in [0.29, 0.717) is 4.90 Å². The molecule has 0 radical (unpaired) electrons. The van der Waals surface area contributed by atoms with Crippen molar-refractivity contribution in [1.82, 2.24) is 0 Å². The topological polar surface area (TPSA) is 72.6 Å². The van der Waals surface area contributed by atoms with Gasteiger partial charge in [-0.15, -0.1) is 0 Å². The van der Waals surface area contributed by atoms with Crippen molar-refractivity contribution in [2.75, 3.05) is 13.3 Å². The molecule has 0 N–H and O–H groups in total. The molecule has 0 saturated heterocycles. The third-order valence-corrected chi connectivity index (χ3v) is 3.64. The smallest absolute Gasteiger partial charge is 0.258 e. The van der Waals surface area contributed by atoms with Crippen LogP contribution in [0.1, 0.15) is 0 Å². The van der Waals surface area contributed by atoms with Gasteiger partial charge >= 0.3 is 0 Å². The van der Waals surface area contributed by atoms with Gasteiger partial charge in [0.15, 0.2) is 0 Å². The second-order valence-electron chi connectivity index (χ2n) is 2.74. The summed E-state index contributed by atoms with van der Waals surface area (Å²) in [5.41, 5.74) is -0.0688. The quantitative estimate of drug-likeness (QED) is 0.555. The van der Waals surface area contributed by atoms with Gasteiger partial charge in [0, 0.05) is 25.4 Å². The van der Waals surface area contributed by atoms with Gasteiger partial charge in [0.25, 0.3) is 5.69 Å². The van der Waals surface area contributed by atoms with E-state index in [1.165, 1.54) is 31.5 Å². The zero-order chi connectivity index (χ0) is 10.8. The van der Waals surface area contributed by atoms with Crippen LogP contribution in [0, 0.1) is 10.1 Å². The van der Waals surface area contributed by atoms with Crippen molar-refractivity contribution >= 4 is 15.4 Å². The van der Waals surface area contributed by atoms with Gasteiger partial charge in [-0.25, -0.2) is 8.57 Å². The van der Waals surface area contributed by atoms with E-state index in [1.54, 1.807) is 6.07 Å². The molecule has 0 heterocycles. The molecule has 0 bridgehead atoms. The second kappa shape index (κ2) is 3.75. The van der Waals surface area contributed by atoms with Crippen LogP contribution < -0.4 is 0 Å². The van der Waals surface area contributed by atoms with Crippen molar-refractivity contribution in [2.45, 2.75) is 4.90 Å². The van der Waals surface area contributed by atoms with Gasteiger partial charge in [-0.05, 0) is 6.07 Å². The van der Waals surface area contributed by atoms with Gasteiger partial charge in [-0.1, -0.05) is 6.07 Å². The standard InChI is InChI=1S/C8H10N2O3S/c1-9-14(2,13)8-5-3-4-7(6-8)10(11)12/h3-6H,1-2H3. The fourth-order valence-electron chi connectivity index (χ4n) is 0.938. The molecule has 0 aliphatic heterocycles. The highest BCUT2D eigenvalue weighted by Crippen LogP contribution is 2.18. The number of rotatable bonds is 2. The highest BCUT2D eigenvalue weighted by molar-refractivity contribution is 7.93. The number of nitrogens with zero attached hydrogens (tertiary/aromatic N) is 2. The minimum absolute atomic E-state index is 0.0688. The van der Waals surface area contributed by atoms with E-state index in [9.17, 15) is 14.3 Å². The summed E-state index contributed by atoms with van der Waals surface area (Å²) in [4.78, 5) is 10.3. The predicted molar refractivity (Wildman–Crippen MR) is 53.8 cm³/mol. The third-order valence-electron chi connectivity index (χ3n) is 1.81. The molecule has 1 unspecified atom stereocenters. The zero-order valence-corrected chi connectivity index (χ0v) is 8.65. The van der Waals surface area contributed by atoms with Crippen LogP contribution in [0.15, 0.2) is 33.5 Å². The van der Waals surface area contributed by atoms with Crippen LogP contribution in [0.3, 0.4) is 0 Å². The van der Waals surface area contributed by atoms with Gasteiger partial charge < -0.3 is 0 Å². The summed E-state index contributed by atoms with van der Waals surface area (Å²) in [6, 6.07) is 5.72. The summed E-state index contributed by atoms with van der Waals surface area (Å²) in [5, 5.41) is 10.5. The lowest BCUT2D eigenvalue weighted by atomic mass is 10.3. The number of nitro benzene ring substituents is 1. The van der Waals surface area contributed by atoms with Crippen LogP contribution in [-0.2, 0) is 9.73 Å². The highest BCUT2D eigenvalue weighted by atomic mass is 32.2. The summed E-state index contributed by atoms with van der Waals surface area (Å²) in [7, 11) is -1.05. The van der Waals surface area contributed by atoms with E-state index in [2.05, 4.69) is 4.36 Å². The Bertz CT molecular complexity index is 475. The predicted octanol–water partition coefficient (Wildman–Crippen LogP) is 1.68. The first-order valence-electron chi connectivity index (χ1n) is 3.82. The van der Waals surface area contributed by atoms with Crippen molar-refractivity contribution in [1.29, 1.82) is 0 Å². The van der Waals surface area contributed by atoms with Crippen LogP contribution in [0.4, 0.5) is 5.69 Å². The maximum absolute atomic E-state index is 11.7. The fraction of sp³-hybridized carbons (Fsp3) is 0.250. The van der Waals surface area contributed by atoms with Crippen molar-refractivity contribution < 1.29 is 9.13 Å². The number of nitro groups is 1. The Morgan fingerprint density at radius 1 is 1.50 bits per heavy atom. The van der Waals surface area contributed by atoms with Gasteiger partial charge in [0.1, 0.15) is 0 Å². The molecule has 0 fully saturated rings. The monoisotopic (exact) mass is 214 g/mol. The SMILES string of the molecule is CN=S(C)(=O)c1cccc([N+](=O)[O-])c1. The molecule has 1 rings (SSSR count). The van der Waals surface area contributed by atoms with Gasteiger partial charge in [-0.2, -0.15) is 0 Å². The van der Waals surface area contributed by atoms with Crippen LogP contribution in [0.2, 0.25) is 0 Å². The minimum Gasteiger partial charge on any atom is -0.258 e. The maximum Gasteiger partial charge on any atom is 0.270 e. The first kappa shape index (κ1) is 10.6. The molecule has 0 amide bonds. The molecule has 0 aliphatic carbocycles. The molecule has 0 spiro atoms. The Morgan fingerprint density at radius 3 is 2.64 bits per heavy atom. The Kier molecular flexibility index (Phi) is 2.85. The van der Waals surface area contributed by atoms with E-state index in [0.717, 1.165) is 0 Å². The number of hydrogen-bond donors (Lipinski definition) is 0. The average molecular weight is 214 g/mol. The van der Waals surface area contributed by atoms with Gasteiger partial charge in [0.05, 0.1) is 19.5 Å². The number of benzene rings is 1.